The van der Waals surface area contributed by atoms with Gasteiger partial charge in [0.15, 0.2) is 0 Å². The van der Waals surface area contributed by atoms with Crippen LogP contribution < -0.4 is 5.32 Å². The SMILES string of the molecule is COC(C)C(C)N1CCC(C2CCCN2)CC1. The molecule has 0 spiro atoms. The lowest BCUT2D eigenvalue weighted by Gasteiger charge is -2.39. The summed E-state index contributed by atoms with van der Waals surface area (Å²) in [7, 11) is 1.82. The van der Waals surface area contributed by atoms with E-state index in [1.54, 1.807) is 0 Å². The fourth-order valence-electron chi connectivity index (χ4n) is 3.34. The first kappa shape index (κ1) is 13.3. The van der Waals surface area contributed by atoms with Gasteiger partial charge in [-0.3, -0.25) is 4.90 Å². The summed E-state index contributed by atoms with van der Waals surface area (Å²) >= 11 is 0. The van der Waals surface area contributed by atoms with E-state index in [1.165, 1.54) is 45.3 Å². The van der Waals surface area contributed by atoms with Crippen molar-refractivity contribution in [2.45, 2.75) is 57.7 Å². The predicted octanol–water partition coefficient (Wildman–Crippen LogP) is 1.87. The third-order valence-corrected chi connectivity index (χ3v) is 4.87. The molecule has 2 aliphatic heterocycles. The molecule has 1 N–H and O–H groups in total. The van der Waals surface area contributed by atoms with Gasteiger partial charge in [0.05, 0.1) is 6.10 Å². The van der Waals surface area contributed by atoms with Gasteiger partial charge in [-0.15, -0.1) is 0 Å². The maximum atomic E-state index is 5.44. The number of likely N-dealkylation sites (tertiary alicyclic amines) is 1. The Labute approximate surface area is 106 Å². The van der Waals surface area contributed by atoms with Gasteiger partial charge in [-0.25, -0.2) is 0 Å². The number of nitrogens with zero attached hydrogens (tertiary/aromatic N) is 1. The molecule has 17 heavy (non-hydrogen) atoms. The average molecular weight is 240 g/mol. The molecule has 2 fully saturated rings. The van der Waals surface area contributed by atoms with Gasteiger partial charge in [0.2, 0.25) is 0 Å². The molecule has 3 nitrogen and oxygen atoms in total. The van der Waals surface area contributed by atoms with E-state index in [2.05, 4.69) is 24.1 Å². The highest BCUT2D eigenvalue weighted by Crippen LogP contribution is 2.27. The van der Waals surface area contributed by atoms with Crippen molar-refractivity contribution < 1.29 is 4.74 Å². The van der Waals surface area contributed by atoms with E-state index < -0.39 is 0 Å². The summed E-state index contributed by atoms with van der Waals surface area (Å²) in [6, 6.07) is 1.37. The second kappa shape index (κ2) is 6.17. The fourth-order valence-corrected chi connectivity index (χ4v) is 3.34. The lowest BCUT2D eigenvalue weighted by molar-refractivity contribution is 0.0162. The minimum Gasteiger partial charge on any atom is -0.380 e. The third kappa shape index (κ3) is 3.21. The van der Waals surface area contributed by atoms with Crippen LogP contribution in [0.1, 0.15) is 39.5 Å². The molecular formula is C14H28N2O. The molecule has 0 aromatic carbocycles. The molecule has 0 aliphatic carbocycles. The topological polar surface area (TPSA) is 24.5 Å². The molecule has 2 aliphatic rings. The molecule has 2 heterocycles. The van der Waals surface area contributed by atoms with Crippen molar-refractivity contribution in [3.05, 3.63) is 0 Å². The van der Waals surface area contributed by atoms with Crippen molar-refractivity contribution in [1.29, 1.82) is 0 Å². The summed E-state index contributed by atoms with van der Waals surface area (Å²) in [5.41, 5.74) is 0. The molecule has 0 radical (unpaired) electrons. The monoisotopic (exact) mass is 240 g/mol. The number of hydrogen-bond donors (Lipinski definition) is 1. The van der Waals surface area contributed by atoms with Crippen LogP contribution in [0.25, 0.3) is 0 Å². The van der Waals surface area contributed by atoms with Crippen molar-refractivity contribution in [3.63, 3.8) is 0 Å². The van der Waals surface area contributed by atoms with Crippen LogP contribution in [0, 0.1) is 5.92 Å². The van der Waals surface area contributed by atoms with Gasteiger partial charge in [0.1, 0.15) is 0 Å². The molecule has 0 bridgehead atoms. The largest absolute Gasteiger partial charge is 0.380 e. The Balaban J connectivity index is 1.77. The predicted molar refractivity (Wildman–Crippen MR) is 71.3 cm³/mol. The Morgan fingerprint density at radius 2 is 1.88 bits per heavy atom. The van der Waals surface area contributed by atoms with Crippen LogP contribution in [0.3, 0.4) is 0 Å². The Kier molecular flexibility index (Phi) is 4.83. The van der Waals surface area contributed by atoms with E-state index in [-0.39, 0.29) is 0 Å². The molecule has 0 aromatic rings. The number of hydrogen-bond acceptors (Lipinski definition) is 3. The van der Waals surface area contributed by atoms with Gasteiger partial charge in [-0.2, -0.15) is 0 Å². The molecular weight excluding hydrogens is 212 g/mol. The highest BCUT2D eigenvalue weighted by Gasteiger charge is 2.30. The first-order chi connectivity index (χ1) is 8.22. The average Bonchev–Trinajstić information content (AvgIpc) is 2.91. The minimum absolute atomic E-state index is 0.344. The van der Waals surface area contributed by atoms with Crippen molar-refractivity contribution in [1.82, 2.24) is 10.2 Å². The molecule has 100 valence electrons. The highest BCUT2D eigenvalue weighted by molar-refractivity contribution is 4.87. The number of methoxy groups -OCH3 is 1. The van der Waals surface area contributed by atoms with Gasteiger partial charge < -0.3 is 10.1 Å². The van der Waals surface area contributed by atoms with Crippen molar-refractivity contribution in [2.24, 2.45) is 5.92 Å². The fraction of sp³-hybridized carbons (Fsp3) is 1.00. The van der Waals surface area contributed by atoms with Crippen molar-refractivity contribution in [3.8, 4) is 0 Å². The van der Waals surface area contributed by atoms with Gasteiger partial charge in [0, 0.05) is 19.2 Å². The lowest BCUT2D eigenvalue weighted by atomic mass is 9.88. The Bertz CT molecular complexity index is 220. The second-order valence-corrected chi connectivity index (χ2v) is 5.76. The summed E-state index contributed by atoms with van der Waals surface area (Å²) < 4.78 is 5.44. The first-order valence-electron chi connectivity index (χ1n) is 7.22. The molecule has 0 amide bonds. The van der Waals surface area contributed by atoms with Crippen LogP contribution in [-0.2, 0) is 4.74 Å². The maximum absolute atomic E-state index is 5.44. The van der Waals surface area contributed by atoms with Gasteiger partial charge >= 0.3 is 0 Å². The van der Waals surface area contributed by atoms with E-state index in [4.69, 9.17) is 4.74 Å². The van der Waals surface area contributed by atoms with E-state index in [0.29, 0.717) is 12.1 Å². The summed E-state index contributed by atoms with van der Waals surface area (Å²) in [5.74, 6) is 0.916. The standard InChI is InChI=1S/C14H28N2O/c1-11(12(2)17-3)16-9-6-13(7-10-16)14-5-4-8-15-14/h11-15H,4-10H2,1-3H3. The van der Waals surface area contributed by atoms with E-state index in [9.17, 15) is 0 Å². The van der Waals surface area contributed by atoms with Gasteiger partial charge in [0.25, 0.3) is 0 Å². The van der Waals surface area contributed by atoms with Gasteiger partial charge in [-0.05, 0) is 65.1 Å². The van der Waals surface area contributed by atoms with Gasteiger partial charge in [-0.1, -0.05) is 0 Å². The first-order valence-corrected chi connectivity index (χ1v) is 7.22. The van der Waals surface area contributed by atoms with E-state index in [0.717, 1.165) is 12.0 Å². The zero-order valence-corrected chi connectivity index (χ0v) is 11.6. The molecule has 2 rings (SSSR count). The lowest BCUT2D eigenvalue weighted by Crippen LogP contribution is -2.47. The smallest absolute Gasteiger partial charge is 0.0695 e. The van der Waals surface area contributed by atoms with Crippen molar-refractivity contribution in [2.75, 3.05) is 26.7 Å². The quantitative estimate of drug-likeness (QED) is 0.812. The number of rotatable bonds is 4. The summed E-state index contributed by atoms with van der Waals surface area (Å²) in [4.78, 5) is 2.60. The summed E-state index contributed by atoms with van der Waals surface area (Å²) in [6.07, 6.45) is 5.84. The van der Waals surface area contributed by atoms with Crippen molar-refractivity contribution >= 4 is 0 Å². The van der Waals surface area contributed by atoms with Crippen LogP contribution in [0.5, 0.6) is 0 Å². The van der Waals surface area contributed by atoms with Crippen LogP contribution in [-0.4, -0.2) is 49.8 Å². The normalized spacial score (nSPS) is 31.6. The number of piperidine rings is 1. The van der Waals surface area contributed by atoms with Crippen LogP contribution >= 0.6 is 0 Å². The molecule has 2 saturated heterocycles. The highest BCUT2D eigenvalue weighted by atomic mass is 16.5. The Morgan fingerprint density at radius 1 is 1.18 bits per heavy atom. The number of ether oxygens (including phenoxy) is 1. The van der Waals surface area contributed by atoms with E-state index >= 15 is 0 Å². The number of nitrogens with one attached hydrogen (secondary N) is 1. The summed E-state index contributed by atoms with van der Waals surface area (Å²) in [6.45, 7) is 8.20. The molecule has 3 heteroatoms. The molecule has 0 saturated carbocycles. The molecule has 3 atom stereocenters. The van der Waals surface area contributed by atoms with Crippen LogP contribution in [0.2, 0.25) is 0 Å². The Hall–Kier alpha value is -0.120. The summed E-state index contributed by atoms with van der Waals surface area (Å²) in [5, 5.41) is 3.66. The third-order valence-electron chi connectivity index (χ3n) is 4.87. The zero-order valence-electron chi connectivity index (χ0n) is 11.6. The van der Waals surface area contributed by atoms with E-state index in [1.807, 2.05) is 7.11 Å². The maximum Gasteiger partial charge on any atom is 0.0695 e. The second-order valence-electron chi connectivity index (χ2n) is 5.76. The minimum atomic E-state index is 0.344. The van der Waals surface area contributed by atoms with Crippen LogP contribution in [0.4, 0.5) is 0 Å². The zero-order chi connectivity index (χ0) is 12.3. The molecule has 0 aromatic heterocycles. The molecule has 3 unspecified atom stereocenters. The van der Waals surface area contributed by atoms with Crippen LogP contribution in [0.15, 0.2) is 0 Å². The Morgan fingerprint density at radius 3 is 2.41 bits per heavy atom.